The summed E-state index contributed by atoms with van der Waals surface area (Å²) in [5, 5.41) is 8.54. The Kier molecular flexibility index (Phi) is 10.2. The van der Waals surface area contributed by atoms with Crippen molar-refractivity contribution < 1.29 is 23.5 Å². The van der Waals surface area contributed by atoms with Gasteiger partial charge in [0, 0.05) is 35.1 Å². The summed E-state index contributed by atoms with van der Waals surface area (Å²) in [5.74, 6) is -0.0892. The first-order valence-electron chi connectivity index (χ1n) is 13.6. The van der Waals surface area contributed by atoms with Crippen molar-refractivity contribution in [3.8, 4) is 11.5 Å². The van der Waals surface area contributed by atoms with E-state index in [1.807, 2.05) is 63.2 Å². The van der Waals surface area contributed by atoms with Gasteiger partial charge in [-0.25, -0.2) is 14.6 Å². The average molecular weight is 583 g/mol. The molecule has 1 amide bonds. The molecule has 10 heteroatoms. The normalized spacial score (nSPS) is 12.8. The van der Waals surface area contributed by atoms with E-state index in [0.29, 0.717) is 11.3 Å². The van der Waals surface area contributed by atoms with Gasteiger partial charge in [0.05, 0.1) is 11.9 Å². The van der Waals surface area contributed by atoms with Crippen LogP contribution in [0.2, 0.25) is 0 Å². The highest BCUT2D eigenvalue weighted by atomic mass is 35.5. The van der Waals surface area contributed by atoms with E-state index in [1.54, 1.807) is 20.8 Å². The zero-order valence-electron chi connectivity index (χ0n) is 24.7. The Bertz CT molecular complexity index is 1570. The lowest BCUT2D eigenvalue weighted by Crippen LogP contribution is -2.47. The summed E-state index contributed by atoms with van der Waals surface area (Å²) >= 11 is 0. The largest absolute Gasteiger partial charge is 0.462 e. The molecule has 0 spiro atoms. The quantitative estimate of drug-likeness (QED) is 0.109. The third-order valence-electron chi connectivity index (χ3n) is 6.30. The second-order valence-electron chi connectivity index (χ2n) is 11.1. The number of ether oxygens (including phenoxy) is 2. The average Bonchev–Trinajstić information content (AvgIpc) is 2.88. The highest BCUT2D eigenvalue weighted by molar-refractivity contribution is 5.96. The topological polar surface area (TPSA) is 115 Å². The number of anilines is 1. The number of halogens is 1. The number of rotatable bonds is 8. The van der Waals surface area contributed by atoms with Crippen LogP contribution < -0.4 is 16.0 Å². The van der Waals surface area contributed by atoms with Gasteiger partial charge < -0.3 is 24.5 Å². The van der Waals surface area contributed by atoms with E-state index < -0.39 is 23.7 Å². The molecular formula is C31H39ClN4O5. The van der Waals surface area contributed by atoms with Crippen LogP contribution in [-0.2, 0) is 14.3 Å². The number of amides is 1. The minimum atomic E-state index is -0.828. The Hall–Kier alpha value is -3.85. The van der Waals surface area contributed by atoms with Gasteiger partial charge in [-0.05, 0) is 52.2 Å². The van der Waals surface area contributed by atoms with Crippen LogP contribution in [0.25, 0.3) is 33.3 Å². The molecule has 1 atom stereocenters. The minimum Gasteiger partial charge on any atom is -0.462 e. The maximum absolute atomic E-state index is 12.7. The molecule has 4 rings (SSSR count). The van der Waals surface area contributed by atoms with Gasteiger partial charge in [-0.2, -0.15) is 0 Å². The molecule has 1 heterocycles. The van der Waals surface area contributed by atoms with Crippen LogP contribution in [0.15, 0.2) is 51.9 Å². The number of carbonyl (C=O) groups is 2. The molecule has 0 aromatic heterocycles. The van der Waals surface area contributed by atoms with E-state index in [2.05, 4.69) is 17.6 Å². The van der Waals surface area contributed by atoms with Gasteiger partial charge in [0.15, 0.2) is 11.3 Å². The van der Waals surface area contributed by atoms with Crippen molar-refractivity contribution in [1.29, 1.82) is 0 Å². The third-order valence-corrected chi connectivity index (χ3v) is 6.30. The van der Waals surface area contributed by atoms with Gasteiger partial charge in [-0.1, -0.05) is 38.1 Å². The summed E-state index contributed by atoms with van der Waals surface area (Å²) in [5.41, 5.74) is 3.67. The molecular weight excluding hydrogens is 544 g/mol. The maximum atomic E-state index is 12.7. The molecule has 2 aromatic carbocycles. The molecule has 0 bridgehead atoms. The van der Waals surface area contributed by atoms with Crippen LogP contribution in [0.5, 0.6) is 0 Å². The van der Waals surface area contributed by atoms with E-state index in [9.17, 15) is 9.59 Å². The SMILES string of the molecule is CCNc1cc2oc3cc(=NCCOC(=O)C(NC(=O)OC(C)(C)C)C(C)C)c4ccccc4c-3nc2cc1C.Cl. The number of nitrogens with zero attached hydrogens (tertiary/aromatic N) is 2. The lowest BCUT2D eigenvalue weighted by molar-refractivity contribution is -0.147. The van der Waals surface area contributed by atoms with E-state index >= 15 is 0 Å². The Morgan fingerprint density at radius 1 is 1.10 bits per heavy atom. The Labute approximate surface area is 246 Å². The van der Waals surface area contributed by atoms with Crippen molar-refractivity contribution in [3.05, 3.63) is 53.4 Å². The van der Waals surface area contributed by atoms with E-state index in [1.165, 1.54) is 0 Å². The number of aryl methyl sites for hydroxylation is 1. The third kappa shape index (κ3) is 7.67. The second-order valence-corrected chi connectivity index (χ2v) is 11.1. The summed E-state index contributed by atoms with van der Waals surface area (Å²) in [6, 6.07) is 13.0. The Morgan fingerprint density at radius 3 is 2.46 bits per heavy atom. The summed E-state index contributed by atoms with van der Waals surface area (Å²) < 4.78 is 17.1. The monoisotopic (exact) mass is 582 g/mol. The number of nitrogens with one attached hydrogen (secondary N) is 2. The Morgan fingerprint density at radius 2 is 1.80 bits per heavy atom. The molecule has 1 aliphatic heterocycles. The van der Waals surface area contributed by atoms with Crippen molar-refractivity contribution in [2.24, 2.45) is 10.9 Å². The molecule has 1 unspecified atom stereocenters. The zero-order chi connectivity index (χ0) is 29.0. The van der Waals surface area contributed by atoms with Crippen molar-refractivity contribution in [2.75, 3.05) is 25.0 Å². The molecule has 0 saturated heterocycles. The molecule has 0 fully saturated rings. The number of alkyl carbamates (subject to hydrolysis) is 1. The van der Waals surface area contributed by atoms with Crippen LogP contribution in [0.1, 0.15) is 47.1 Å². The molecule has 220 valence electrons. The fraction of sp³-hybridized carbons (Fsp3) is 0.419. The van der Waals surface area contributed by atoms with Crippen molar-refractivity contribution in [3.63, 3.8) is 0 Å². The Balaban J connectivity index is 0.00000462. The van der Waals surface area contributed by atoms with Gasteiger partial charge in [-0.3, -0.25) is 4.99 Å². The van der Waals surface area contributed by atoms with Crippen LogP contribution >= 0.6 is 12.4 Å². The lowest BCUT2D eigenvalue weighted by atomic mass is 10.0. The van der Waals surface area contributed by atoms with Crippen LogP contribution in [-0.4, -0.2) is 48.4 Å². The first-order chi connectivity index (χ1) is 19.0. The number of benzene rings is 3. The molecule has 1 aliphatic carbocycles. The standard InChI is InChI=1S/C31H38N4O5.ClH/c1-8-32-22-16-25-24(15-19(22)4)34-28-21-12-10-9-11-20(21)23(17-26(28)39-25)33-13-14-38-29(36)27(18(2)3)35-30(37)40-31(5,6)7;/h9-12,15-18,27,32H,8,13-14H2,1-7H3,(H,35,37);1H. The zero-order valence-corrected chi connectivity index (χ0v) is 25.5. The van der Waals surface area contributed by atoms with Gasteiger partial charge in [0.25, 0.3) is 0 Å². The van der Waals surface area contributed by atoms with E-state index in [4.69, 9.17) is 23.9 Å². The number of carbonyl (C=O) groups excluding carboxylic acids is 2. The van der Waals surface area contributed by atoms with Crippen molar-refractivity contribution >= 4 is 52.0 Å². The van der Waals surface area contributed by atoms with Gasteiger partial charge in [-0.15, -0.1) is 12.4 Å². The van der Waals surface area contributed by atoms with Gasteiger partial charge in [0.2, 0.25) is 0 Å². The van der Waals surface area contributed by atoms with Gasteiger partial charge in [0.1, 0.15) is 29.5 Å². The fourth-order valence-corrected chi connectivity index (χ4v) is 4.44. The molecule has 41 heavy (non-hydrogen) atoms. The molecule has 2 aliphatic rings. The van der Waals surface area contributed by atoms with Crippen LogP contribution in [0.3, 0.4) is 0 Å². The summed E-state index contributed by atoms with van der Waals surface area (Å²) in [4.78, 5) is 34.6. The predicted octanol–water partition coefficient (Wildman–Crippen LogP) is 6.24. The first kappa shape index (κ1) is 31.7. The van der Waals surface area contributed by atoms with Gasteiger partial charge >= 0.3 is 12.1 Å². The van der Waals surface area contributed by atoms with Crippen molar-refractivity contribution in [2.45, 2.75) is 60.1 Å². The van der Waals surface area contributed by atoms with E-state index in [0.717, 1.165) is 45.1 Å². The highest BCUT2D eigenvalue weighted by Crippen LogP contribution is 2.32. The summed E-state index contributed by atoms with van der Waals surface area (Å²) in [6.07, 6.45) is -0.659. The van der Waals surface area contributed by atoms with Crippen molar-refractivity contribution in [1.82, 2.24) is 10.3 Å². The number of esters is 1. The first-order valence-corrected chi connectivity index (χ1v) is 13.6. The lowest BCUT2D eigenvalue weighted by Gasteiger charge is -2.24. The number of aromatic nitrogens is 1. The smallest absolute Gasteiger partial charge is 0.408 e. The number of fused-ring (bicyclic) bond motifs is 4. The molecule has 2 N–H and O–H groups in total. The fourth-order valence-electron chi connectivity index (χ4n) is 4.44. The molecule has 2 aromatic rings. The summed E-state index contributed by atoms with van der Waals surface area (Å²) in [6.45, 7) is 14.2. The molecule has 0 saturated carbocycles. The van der Waals surface area contributed by atoms with E-state index in [-0.39, 0.29) is 31.5 Å². The number of hydrogen-bond donors (Lipinski definition) is 2. The van der Waals surface area contributed by atoms with Crippen LogP contribution in [0, 0.1) is 12.8 Å². The second kappa shape index (κ2) is 13.2. The number of hydrogen-bond acceptors (Lipinski definition) is 8. The van der Waals surface area contributed by atoms with Crippen LogP contribution in [0.4, 0.5) is 10.5 Å². The maximum Gasteiger partial charge on any atom is 0.408 e. The predicted molar refractivity (Wildman–Crippen MR) is 164 cm³/mol. The molecule has 9 nitrogen and oxygen atoms in total. The minimum absolute atomic E-state index is 0. The highest BCUT2D eigenvalue weighted by Gasteiger charge is 2.28. The molecule has 0 radical (unpaired) electrons. The summed E-state index contributed by atoms with van der Waals surface area (Å²) in [7, 11) is 0.